The Morgan fingerprint density at radius 2 is 1.87 bits per heavy atom. The zero-order chi connectivity index (χ0) is 17.1. The molecule has 1 amide bonds. The second-order valence-electron chi connectivity index (χ2n) is 5.28. The van der Waals surface area contributed by atoms with Gasteiger partial charge >= 0.3 is 6.18 Å². The van der Waals surface area contributed by atoms with Gasteiger partial charge < -0.3 is 0 Å². The number of nitrogens with one attached hydrogen (secondary N) is 1. The van der Waals surface area contributed by atoms with Crippen LogP contribution in [0.15, 0.2) is 47.7 Å². The van der Waals surface area contributed by atoms with Gasteiger partial charge in [0, 0.05) is 11.8 Å². The van der Waals surface area contributed by atoms with Crippen molar-refractivity contribution in [2.75, 3.05) is 0 Å². The number of aromatic nitrogens is 2. The molecule has 1 aromatic heterocycles. The number of carbonyl (C=O) groups excluding carboxylic acids is 1. The predicted molar refractivity (Wildman–Crippen MR) is 78.7 cm³/mol. The Balaban J connectivity index is 2.48. The highest BCUT2D eigenvalue weighted by atomic mass is 19.4. The van der Waals surface area contributed by atoms with Gasteiger partial charge in [0.25, 0.3) is 0 Å². The van der Waals surface area contributed by atoms with E-state index in [0.717, 1.165) is 6.07 Å². The molecule has 0 aliphatic carbocycles. The minimum absolute atomic E-state index is 0.377. The smallest absolute Gasteiger partial charge is 0.277 e. The summed E-state index contributed by atoms with van der Waals surface area (Å²) >= 11 is 0. The first-order valence-corrected chi connectivity index (χ1v) is 6.73. The van der Waals surface area contributed by atoms with Crippen LogP contribution in [0.25, 0.3) is 0 Å². The number of amides is 1. The Labute approximate surface area is 130 Å². The van der Waals surface area contributed by atoms with Crippen molar-refractivity contribution in [3.63, 3.8) is 0 Å². The van der Waals surface area contributed by atoms with Gasteiger partial charge in [0.2, 0.25) is 6.41 Å². The van der Waals surface area contributed by atoms with Crippen LogP contribution in [0.1, 0.15) is 25.1 Å². The van der Waals surface area contributed by atoms with E-state index in [1.54, 1.807) is 44.2 Å². The summed E-state index contributed by atoms with van der Waals surface area (Å²) in [5.41, 5.74) is 1.25. The maximum absolute atomic E-state index is 12.8. The third kappa shape index (κ3) is 3.58. The number of carbonyl (C=O) groups is 1. The van der Waals surface area contributed by atoms with Crippen LogP contribution in [-0.2, 0) is 16.5 Å². The SMILES string of the molecule is CC(C)(/C(=N\NC=O)c1ccccc1)n1ccc(C(F)(F)F)n1. The highest BCUT2D eigenvalue weighted by Gasteiger charge is 2.36. The van der Waals surface area contributed by atoms with Gasteiger partial charge in [0.15, 0.2) is 5.69 Å². The van der Waals surface area contributed by atoms with Gasteiger partial charge in [-0.1, -0.05) is 30.3 Å². The van der Waals surface area contributed by atoms with Gasteiger partial charge in [0.1, 0.15) is 5.54 Å². The maximum atomic E-state index is 12.8. The molecule has 122 valence electrons. The number of rotatable bonds is 5. The Hall–Kier alpha value is -2.64. The summed E-state index contributed by atoms with van der Waals surface area (Å²) in [6, 6.07) is 9.75. The minimum atomic E-state index is -4.52. The summed E-state index contributed by atoms with van der Waals surface area (Å²) in [6.07, 6.45) is -2.89. The molecule has 1 heterocycles. The molecule has 0 aliphatic rings. The lowest BCUT2D eigenvalue weighted by Gasteiger charge is -2.27. The summed E-state index contributed by atoms with van der Waals surface area (Å²) in [4.78, 5) is 10.6. The van der Waals surface area contributed by atoms with Crippen molar-refractivity contribution in [3.8, 4) is 0 Å². The maximum Gasteiger partial charge on any atom is 0.435 e. The molecule has 0 saturated heterocycles. The van der Waals surface area contributed by atoms with Crippen molar-refractivity contribution in [1.82, 2.24) is 15.2 Å². The molecule has 0 atom stereocenters. The number of nitrogens with zero attached hydrogens (tertiary/aromatic N) is 3. The monoisotopic (exact) mass is 324 g/mol. The third-order valence-corrected chi connectivity index (χ3v) is 3.31. The molecule has 8 heteroatoms. The van der Waals surface area contributed by atoms with Gasteiger partial charge in [-0.25, -0.2) is 5.43 Å². The molecular formula is C15H15F3N4O. The van der Waals surface area contributed by atoms with Crippen LogP contribution in [0.3, 0.4) is 0 Å². The first-order chi connectivity index (χ1) is 10.8. The fraction of sp³-hybridized carbons (Fsp3) is 0.267. The summed E-state index contributed by atoms with van der Waals surface area (Å²) in [5.74, 6) is 0. The van der Waals surface area contributed by atoms with Crippen molar-refractivity contribution in [2.45, 2.75) is 25.6 Å². The lowest BCUT2D eigenvalue weighted by Crippen LogP contribution is -2.38. The van der Waals surface area contributed by atoms with Crippen LogP contribution in [0, 0.1) is 0 Å². The molecule has 2 aromatic rings. The van der Waals surface area contributed by atoms with Crippen molar-refractivity contribution < 1.29 is 18.0 Å². The lowest BCUT2D eigenvalue weighted by atomic mass is 9.92. The Kier molecular flexibility index (Phi) is 4.53. The van der Waals surface area contributed by atoms with E-state index < -0.39 is 17.4 Å². The van der Waals surface area contributed by atoms with Crippen molar-refractivity contribution in [2.24, 2.45) is 5.10 Å². The van der Waals surface area contributed by atoms with E-state index in [0.29, 0.717) is 17.7 Å². The molecule has 2 rings (SSSR count). The Bertz CT molecular complexity index is 705. The van der Waals surface area contributed by atoms with E-state index in [2.05, 4.69) is 15.6 Å². The van der Waals surface area contributed by atoms with Crippen molar-refractivity contribution in [1.29, 1.82) is 0 Å². The number of halogens is 3. The van der Waals surface area contributed by atoms with Gasteiger partial charge in [-0.2, -0.15) is 23.4 Å². The van der Waals surface area contributed by atoms with E-state index in [1.165, 1.54) is 10.9 Å². The molecule has 0 fully saturated rings. The number of benzene rings is 1. The van der Waals surface area contributed by atoms with Gasteiger partial charge in [-0.3, -0.25) is 9.48 Å². The minimum Gasteiger partial charge on any atom is -0.277 e. The van der Waals surface area contributed by atoms with E-state index in [-0.39, 0.29) is 0 Å². The zero-order valence-corrected chi connectivity index (χ0v) is 12.5. The van der Waals surface area contributed by atoms with Gasteiger partial charge in [-0.15, -0.1) is 0 Å². The van der Waals surface area contributed by atoms with Crippen molar-refractivity contribution in [3.05, 3.63) is 53.9 Å². The second-order valence-corrected chi connectivity index (χ2v) is 5.28. The molecular weight excluding hydrogens is 309 g/mol. The summed E-state index contributed by atoms with van der Waals surface area (Å²) in [6.45, 7) is 3.33. The van der Waals surface area contributed by atoms with E-state index in [9.17, 15) is 18.0 Å². The molecule has 1 aromatic carbocycles. The molecule has 0 bridgehead atoms. The fourth-order valence-electron chi connectivity index (χ4n) is 2.14. The highest BCUT2D eigenvalue weighted by Crippen LogP contribution is 2.29. The molecule has 0 spiro atoms. The zero-order valence-electron chi connectivity index (χ0n) is 12.5. The molecule has 1 N–H and O–H groups in total. The number of hydrogen-bond acceptors (Lipinski definition) is 3. The largest absolute Gasteiger partial charge is 0.435 e. The average Bonchev–Trinajstić information content (AvgIpc) is 2.99. The topological polar surface area (TPSA) is 59.3 Å². The lowest BCUT2D eigenvalue weighted by molar-refractivity contribution is -0.141. The quantitative estimate of drug-likeness (QED) is 0.522. The highest BCUT2D eigenvalue weighted by molar-refractivity contribution is 6.05. The first-order valence-electron chi connectivity index (χ1n) is 6.73. The molecule has 0 saturated carbocycles. The second kappa shape index (κ2) is 6.23. The Morgan fingerprint density at radius 3 is 2.39 bits per heavy atom. The van der Waals surface area contributed by atoms with Crippen LogP contribution >= 0.6 is 0 Å². The third-order valence-electron chi connectivity index (χ3n) is 3.31. The first kappa shape index (κ1) is 16.7. The normalized spacial score (nSPS) is 13.0. The van der Waals surface area contributed by atoms with Crippen molar-refractivity contribution >= 4 is 12.1 Å². The molecule has 0 unspecified atom stereocenters. The van der Waals surface area contributed by atoms with E-state index in [1.807, 2.05) is 0 Å². The van der Waals surface area contributed by atoms with Gasteiger partial charge in [-0.05, 0) is 19.9 Å². The van der Waals surface area contributed by atoms with Crippen LogP contribution in [0.2, 0.25) is 0 Å². The molecule has 0 aliphatic heterocycles. The Morgan fingerprint density at radius 1 is 1.22 bits per heavy atom. The van der Waals surface area contributed by atoms with E-state index >= 15 is 0 Å². The number of alkyl halides is 3. The van der Waals surface area contributed by atoms with Crippen LogP contribution in [0.4, 0.5) is 13.2 Å². The fourth-order valence-corrected chi connectivity index (χ4v) is 2.14. The van der Waals surface area contributed by atoms with Crippen LogP contribution < -0.4 is 5.43 Å². The summed E-state index contributed by atoms with van der Waals surface area (Å²) in [5, 5.41) is 7.59. The van der Waals surface area contributed by atoms with E-state index in [4.69, 9.17) is 0 Å². The standard InChI is InChI=1S/C15H15F3N4O/c1-14(2,22-9-8-12(21-22)15(16,17)18)13(20-19-10-23)11-6-4-3-5-7-11/h3-10H,1-2H3,(H,19,23)/b20-13-. The average molecular weight is 324 g/mol. The van der Waals surface area contributed by atoms with Gasteiger partial charge in [0.05, 0.1) is 5.71 Å². The molecule has 23 heavy (non-hydrogen) atoms. The predicted octanol–water partition coefficient (Wildman–Crippen LogP) is 2.79. The van der Waals surface area contributed by atoms with Crippen LogP contribution in [0.5, 0.6) is 0 Å². The summed E-state index contributed by atoms with van der Waals surface area (Å²) < 4.78 is 39.4. The molecule has 5 nitrogen and oxygen atoms in total. The number of hydrazone groups is 1. The van der Waals surface area contributed by atoms with Crippen LogP contribution in [-0.4, -0.2) is 21.9 Å². The number of hydrogen-bond donors (Lipinski definition) is 1. The molecule has 0 radical (unpaired) electrons. The summed E-state index contributed by atoms with van der Waals surface area (Å²) in [7, 11) is 0.